The van der Waals surface area contributed by atoms with Gasteiger partial charge < -0.3 is 26.0 Å². The van der Waals surface area contributed by atoms with Gasteiger partial charge in [-0.15, -0.1) is 0 Å². The van der Waals surface area contributed by atoms with Crippen LogP contribution in [0.25, 0.3) is 0 Å². The lowest BCUT2D eigenvalue weighted by molar-refractivity contribution is 0.231. The summed E-state index contributed by atoms with van der Waals surface area (Å²) < 4.78 is 19.8. The zero-order valence-corrected chi connectivity index (χ0v) is 23.6. The number of benzene rings is 2. The van der Waals surface area contributed by atoms with Gasteiger partial charge in [0.1, 0.15) is 28.9 Å². The fourth-order valence-corrected chi connectivity index (χ4v) is 5.58. The molecular formula is C27H36Cl2FN7O. The maximum atomic E-state index is 14.1. The van der Waals surface area contributed by atoms with E-state index in [1.165, 1.54) is 12.1 Å². The molecule has 0 bridgehead atoms. The Morgan fingerprint density at radius 2 is 1.92 bits per heavy atom. The topological polar surface area (TPSA) is 95.7 Å². The van der Waals surface area contributed by atoms with Gasteiger partial charge in [-0.1, -0.05) is 23.2 Å². The van der Waals surface area contributed by atoms with Gasteiger partial charge in [-0.2, -0.15) is 0 Å². The lowest BCUT2D eigenvalue weighted by Gasteiger charge is -2.36. The van der Waals surface area contributed by atoms with Gasteiger partial charge in [-0.25, -0.2) is 9.38 Å². The van der Waals surface area contributed by atoms with E-state index in [4.69, 9.17) is 39.4 Å². The molecule has 38 heavy (non-hydrogen) atoms. The zero-order valence-electron chi connectivity index (χ0n) is 22.1. The molecule has 1 atom stereocenters. The third kappa shape index (κ3) is 6.51. The normalized spacial score (nSPS) is 19.7. The Morgan fingerprint density at radius 1 is 1.18 bits per heavy atom. The molecule has 0 spiro atoms. The largest absolute Gasteiger partial charge is 0.494 e. The van der Waals surface area contributed by atoms with Crippen molar-refractivity contribution < 1.29 is 9.13 Å². The molecule has 0 radical (unpaired) electrons. The van der Waals surface area contributed by atoms with Crippen molar-refractivity contribution in [2.24, 2.45) is 21.5 Å². The number of piperidine rings is 1. The minimum atomic E-state index is -0.514. The summed E-state index contributed by atoms with van der Waals surface area (Å²) in [4.78, 5) is 15.8. The summed E-state index contributed by atoms with van der Waals surface area (Å²) in [6, 6.07) is 9.05. The first-order valence-corrected chi connectivity index (χ1v) is 13.5. The zero-order chi connectivity index (χ0) is 27.4. The molecule has 2 aromatic carbocycles. The highest BCUT2D eigenvalue weighted by Crippen LogP contribution is 2.34. The van der Waals surface area contributed by atoms with Crippen LogP contribution >= 0.6 is 23.2 Å². The summed E-state index contributed by atoms with van der Waals surface area (Å²) in [6.07, 6.45) is 2.58. The summed E-state index contributed by atoms with van der Waals surface area (Å²) in [5.74, 6) is 0.969. The van der Waals surface area contributed by atoms with E-state index in [1.807, 2.05) is 12.1 Å². The molecule has 1 saturated heterocycles. The summed E-state index contributed by atoms with van der Waals surface area (Å²) in [7, 11) is 5.91. The molecule has 2 heterocycles. The summed E-state index contributed by atoms with van der Waals surface area (Å²) >= 11 is 12.6. The van der Waals surface area contributed by atoms with Crippen LogP contribution in [0.15, 0.2) is 40.3 Å². The molecule has 4 rings (SSSR count). The van der Waals surface area contributed by atoms with Crippen LogP contribution in [0.5, 0.6) is 5.75 Å². The fraction of sp³-hybridized carbons (Fsp3) is 0.481. The third-order valence-electron chi connectivity index (χ3n) is 7.35. The first-order valence-electron chi connectivity index (χ1n) is 12.8. The van der Waals surface area contributed by atoms with Crippen LogP contribution in [-0.4, -0.2) is 80.9 Å². The quantitative estimate of drug-likeness (QED) is 0.282. The van der Waals surface area contributed by atoms with E-state index in [2.05, 4.69) is 44.8 Å². The lowest BCUT2D eigenvalue weighted by atomic mass is 10.0. The second kappa shape index (κ2) is 12.5. The fourth-order valence-electron chi connectivity index (χ4n) is 5.09. The first-order chi connectivity index (χ1) is 18.2. The van der Waals surface area contributed by atoms with Crippen LogP contribution in [-0.2, 0) is 6.54 Å². The number of aliphatic imine (C=N–C) groups is 2. The molecular weight excluding hydrogens is 528 g/mol. The van der Waals surface area contributed by atoms with E-state index in [1.54, 1.807) is 7.11 Å². The average molecular weight is 565 g/mol. The van der Waals surface area contributed by atoms with Gasteiger partial charge in [-0.05, 0) is 51.2 Å². The number of methoxy groups -OCH3 is 1. The van der Waals surface area contributed by atoms with Crippen LogP contribution in [0.3, 0.4) is 0 Å². The number of halogens is 3. The molecule has 0 aliphatic carbocycles. The Bertz CT molecular complexity index is 1200. The van der Waals surface area contributed by atoms with E-state index in [0.717, 1.165) is 31.6 Å². The van der Waals surface area contributed by atoms with E-state index < -0.39 is 5.82 Å². The second-order valence-electron chi connectivity index (χ2n) is 9.96. The smallest absolute Gasteiger partial charge is 0.146 e. The van der Waals surface area contributed by atoms with Crippen LogP contribution in [0.2, 0.25) is 10.0 Å². The van der Waals surface area contributed by atoms with Crippen molar-refractivity contribution in [2.75, 3.05) is 52.3 Å². The average Bonchev–Trinajstić information content (AvgIpc) is 2.91. The van der Waals surface area contributed by atoms with Crippen molar-refractivity contribution in [3.63, 3.8) is 0 Å². The highest BCUT2D eigenvalue weighted by Gasteiger charge is 2.28. The Balaban J connectivity index is 1.50. The van der Waals surface area contributed by atoms with Crippen molar-refractivity contribution >= 4 is 46.2 Å². The molecule has 2 aromatic rings. The van der Waals surface area contributed by atoms with Gasteiger partial charge in [0.2, 0.25) is 0 Å². The maximum Gasteiger partial charge on any atom is 0.146 e. The number of hydrogen-bond donors (Lipinski definition) is 2. The van der Waals surface area contributed by atoms with Gasteiger partial charge >= 0.3 is 0 Å². The van der Waals surface area contributed by atoms with Crippen molar-refractivity contribution in [1.29, 1.82) is 0 Å². The van der Waals surface area contributed by atoms with E-state index in [9.17, 15) is 4.39 Å². The Labute approximate surface area is 234 Å². The number of ether oxygens (including phenoxy) is 1. The van der Waals surface area contributed by atoms with Gasteiger partial charge in [0.15, 0.2) is 0 Å². The maximum absolute atomic E-state index is 14.1. The molecule has 0 aromatic heterocycles. The molecule has 4 N–H and O–H groups in total. The van der Waals surface area contributed by atoms with Crippen LogP contribution < -0.4 is 21.1 Å². The predicted molar refractivity (Wildman–Crippen MR) is 155 cm³/mol. The molecule has 8 nitrogen and oxygen atoms in total. The Kier molecular flexibility index (Phi) is 9.36. The molecule has 206 valence electrons. The van der Waals surface area contributed by atoms with E-state index in [-0.39, 0.29) is 11.1 Å². The Morgan fingerprint density at radius 3 is 2.61 bits per heavy atom. The minimum absolute atomic E-state index is 0.00902. The van der Waals surface area contributed by atoms with Gasteiger partial charge in [0.05, 0.1) is 24.7 Å². The predicted octanol–water partition coefficient (Wildman–Crippen LogP) is 4.29. The minimum Gasteiger partial charge on any atom is -0.494 e. The van der Waals surface area contributed by atoms with Gasteiger partial charge in [0, 0.05) is 61.0 Å². The number of amidine groups is 2. The monoisotopic (exact) mass is 563 g/mol. The molecule has 0 amide bonds. The highest BCUT2D eigenvalue weighted by atomic mass is 35.5. The van der Waals surface area contributed by atoms with Crippen molar-refractivity contribution in [1.82, 2.24) is 9.80 Å². The second-order valence-corrected chi connectivity index (χ2v) is 10.7. The number of nitrogens with two attached hydrogens (primary N) is 2. The number of nitrogens with zero attached hydrogens (tertiary/aromatic N) is 5. The summed E-state index contributed by atoms with van der Waals surface area (Å²) in [6.45, 7) is 3.42. The number of anilines is 1. The standard InChI is InChI=1S/C27H36Cl2FN7O/c1-35(2)17-8-11-36(12-9-17)18-4-7-22(24(14-18)38-3)34-25(31)15-23-27(32)33-10-13-37(23)16-19-20(28)5-6-21(30)26(19)29/h4-7,14,17,23H,8-13,15-16H2,1-3H3,(H2,31,34)(H2,32,33). The molecule has 0 saturated carbocycles. The molecule has 11 heteroatoms. The highest BCUT2D eigenvalue weighted by molar-refractivity contribution is 6.36. The van der Waals surface area contributed by atoms with Crippen molar-refractivity contribution in [2.45, 2.75) is 37.9 Å². The number of rotatable bonds is 8. The molecule has 1 unspecified atom stereocenters. The van der Waals surface area contributed by atoms with Crippen molar-refractivity contribution in [3.8, 4) is 5.75 Å². The third-order valence-corrected chi connectivity index (χ3v) is 8.12. The molecule has 2 aliphatic heterocycles. The first kappa shape index (κ1) is 28.4. The Hall–Kier alpha value is -2.59. The van der Waals surface area contributed by atoms with Gasteiger partial charge in [0.25, 0.3) is 0 Å². The van der Waals surface area contributed by atoms with E-state index in [0.29, 0.717) is 65.8 Å². The summed E-state index contributed by atoms with van der Waals surface area (Å²) in [5.41, 5.74) is 15.0. The van der Waals surface area contributed by atoms with Crippen LogP contribution in [0, 0.1) is 5.82 Å². The SMILES string of the molecule is COc1cc(N2CCC(N(C)C)CC2)ccc1N=C(N)CC1C(N)=NCCN1Cc1c(Cl)ccc(F)c1Cl. The van der Waals surface area contributed by atoms with E-state index >= 15 is 0 Å². The van der Waals surface area contributed by atoms with Gasteiger partial charge in [-0.3, -0.25) is 9.89 Å². The van der Waals surface area contributed by atoms with Crippen LogP contribution in [0.4, 0.5) is 15.8 Å². The van der Waals surface area contributed by atoms with Crippen molar-refractivity contribution in [3.05, 3.63) is 51.8 Å². The summed E-state index contributed by atoms with van der Waals surface area (Å²) in [5, 5.41) is 0.406. The molecule has 2 aliphatic rings. The lowest BCUT2D eigenvalue weighted by Crippen LogP contribution is -2.50. The number of hydrogen-bond acceptors (Lipinski definition) is 7. The molecule has 1 fully saturated rings. The van der Waals surface area contributed by atoms with Crippen LogP contribution in [0.1, 0.15) is 24.8 Å².